The minimum absolute atomic E-state index is 0.171. The summed E-state index contributed by atoms with van der Waals surface area (Å²) in [7, 11) is -1.54. The third kappa shape index (κ3) is 6.14. The Hall–Kier alpha value is -2.86. The molecule has 0 amide bonds. The highest BCUT2D eigenvalue weighted by Crippen LogP contribution is 2.20. The number of nitrogens with zero attached hydrogens (tertiary/aromatic N) is 4. The SMILES string of the molecule is Cc1cc(NCc2ccccc2Cl)ccc1C#N.Cc1nc(S(=O)(=O)N2CCCC2)cn1C. The van der Waals surface area contributed by atoms with Crippen molar-refractivity contribution in [2.45, 2.75) is 38.3 Å². The number of sulfonamides is 1. The van der Waals surface area contributed by atoms with Gasteiger partial charge in [-0.15, -0.1) is 0 Å². The highest BCUT2D eigenvalue weighted by atomic mass is 35.5. The second kappa shape index (κ2) is 10.8. The second-order valence-electron chi connectivity index (χ2n) is 7.93. The summed E-state index contributed by atoms with van der Waals surface area (Å²) in [6, 6.07) is 15.6. The molecule has 1 aliphatic heterocycles. The van der Waals surface area contributed by atoms with Gasteiger partial charge < -0.3 is 9.88 Å². The van der Waals surface area contributed by atoms with Crippen LogP contribution in [0, 0.1) is 25.2 Å². The van der Waals surface area contributed by atoms with Gasteiger partial charge >= 0.3 is 0 Å². The van der Waals surface area contributed by atoms with Crippen molar-refractivity contribution in [1.29, 1.82) is 5.26 Å². The number of hydrogen-bond donors (Lipinski definition) is 1. The van der Waals surface area contributed by atoms with Crippen LogP contribution in [-0.2, 0) is 23.6 Å². The molecule has 3 aromatic rings. The fourth-order valence-corrected chi connectivity index (χ4v) is 5.19. The van der Waals surface area contributed by atoms with Crippen molar-refractivity contribution in [3.63, 3.8) is 0 Å². The van der Waals surface area contributed by atoms with E-state index in [2.05, 4.69) is 16.4 Å². The number of imidazole rings is 1. The number of aromatic nitrogens is 2. The Bertz CT molecular complexity index is 1240. The summed E-state index contributed by atoms with van der Waals surface area (Å²) >= 11 is 6.09. The van der Waals surface area contributed by atoms with E-state index < -0.39 is 10.0 Å². The third-order valence-corrected chi connectivity index (χ3v) is 7.68. The third-order valence-electron chi connectivity index (χ3n) is 5.54. The highest BCUT2D eigenvalue weighted by molar-refractivity contribution is 7.89. The fraction of sp³-hybridized carbons (Fsp3) is 0.333. The summed E-state index contributed by atoms with van der Waals surface area (Å²) in [5, 5.41) is 13.1. The van der Waals surface area contributed by atoms with Gasteiger partial charge in [-0.2, -0.15) is 9.57 Å². The van der Waals surface area contributed by atoms with Crippen LogP contribution in [0.5, 0.6) is 0 Å². The molecule has 0 unspecified atom stereocenters. The predicted octanol–water partition coefficient (Wildman–Crippen LogP) is 4.65. The van der Waals surface area contributed by atoms with Crippen LogP contribution in [-0.4, -0.2) is 35.4 Å². The van der Waals surface area contributed by atoms with Crippen LogP contribution in [0.15, 0.2) is 53.7 Å². The van der Waals surface area contributed by atoms with Gasteiger partial charge in [-0.1, -0.05) is 29.8 Å². The zero-order valence-corrected chi connectivity index (χ0v) is 20.6. The van der Waals surface area contributed by atoms with E-state index in [0.29, 0.717) is 31.0 Å². The van der Waals surface area contributed by atoms with Gasteiger partial charge in [0.1, 0.15) is 5.82 Å². The molecular formula is C24H28ClN5O2S. The van der Waals surface area contributed by atoms with Crippen LogP contribution in [0.4, 0.5) is 5.69 Å². The van der Waals surface area contributed by atoms with Crippen LogP contribution in [0.3, 0.4) is 0 Å². The molecule has 1 aliphatic rings. The minimum Gasteiger partial charge on any atom is -0.381 e. The van der Waals surface area contributed by atoms with Gasteiger partial charge in [-0.05, 0) is 62.1 Å². The molecule has 9 heteroatoms. The summed E-state index contributed by atoms with van der Waals surface area (Å²) in [4.78, 5) is 4.06. The topological polar surface area (TPSA) is 91.0 Å². The van der Waals surface area contributed by atoms with Crippen molar-refractivity contribution >= 4 is 27.3 Å². The molecule has 1 N–H and O–H groups in total. The van der Waals surface area contributed by atoms with Gasteiger partial charge in [-0.25, -0.2) is 13.4 Å². The Balaban J connectivity index is 0.000000189. The molecule has 0 saturated carbocycles. The number of nitriles is 1. The summed E-state index contributed by atoms with van der Waals surface area (Å²) in [6.07, 6.45) is 3.47. The number of aryl methyl sites for hydroxylation is 3. The molecule has 7 nitrogen and oxygen atoms in total. The fourth-order valence-electron chi connectivity index (χ4n) is 3.45. The van der Waals surface area contributed by atoms with Gasteiger partial charge in [0.2, 0.25) is 0 Å². The highest BCUT2D eigenvalue weighted by Gasteiger charge is 2.29. The lowest BCUT2D eigenvalue weighted by molar-refractivity contribution is 0.474. The van der Waals surface area contributed by atoms with Gasteiger partial charge in [0.05, 0.1) is 11.6 Å². The first kappa shape index (κ1) is 24.8. The minimum atomic E-state index is -3.34. The Morgan fingerprint density at radius 2 is 1.85 bits per heavy atom. The van der Waals surface area contributed by atoms with E-state index in [1.54, 1.807) is 24.7 Å². The zero-order chi connectivity index (χ0) is 24.0. The zero-order valence-electron chi connectivity index (χ0n) is 19.0. The molecule has 1 fully saturated rings. The van der Waals surface area contributed by atoms with Crippen LogP contribution in [0.1, 0.15) is 35.4 Å². The van der Waals surface area contributed by atoms with Crippen molar-refractivity contribution in [2.75, 3.05) is 18.4 Å². The largest absolute Gasteiger partial charge is 0.381 e. The van der Waals surface area contributed by atoms with Crippen molar-refractivity contribution in [2.24, 2.45) is 7.05 Å². The summed E-state index contributed by atoms with van der Waals surface area (Å²) < 4.78 is 27.3. The lowest BCUT2D eigenvalue weighted by Gasteiger charge is -2.12. The number of rotatable bonds is 5. The first-order chi connectivity index (χ1) is 15.7. The number of hydrogen-bond acceptors (Lipinski definition) is 5. The molecule has 33 heavy (non-hydrogen) atoms. The smallest absolute Gasteiger partial charge is 0.262 e. The molecule has 174 valence electrons. The first-order valence-electron chi connectivity index (χ1n) is 10.7. The molecule has 0 bridgehead atoms. The van der Waals surface area contributed by atoms with Gasteiger partial charge in [-0.3, -0.25) is 0 Å². The maximum absolute atomic E-state index is 12.1. The first-order valence-corrected chi connectivity index (χ1v) is 12.5. The van der Waals surface area contributed by atoms with E-state index in [1.807, 2.05) is 49.4 Å². The Morgan fingerprint density at radius 3 is 2.42 bits per heavy atom. The van der Waals surface area contributed by atoms with Crippen LogP contribution in [0.25, 0.3) is 0 Å². The van der Waals surface area contributed by atoms with Crippen LogP contribution < -0.4 is 5.32 Å². The summed E-state index contributed by atoms with van der Waals surface area (Å²) in [6.45, 7) is 5.64. The summed E-state index contributed by atoms with van der Waals surface area (Å²) in [5.74, 6) is 0.716. The van der Waals surface area contributed by atoms with E-state index in [1.165, 1.54) is 4.31 Å². The monoisotopic (exact) mass is 485 g/mol. The Kier molecular flexibility index (Phi) is 8.14. The Labute approximate surface area is 200 Å². The molecule has 2 heterocycles. The van der Waals surface area contributed by atoms with E-state index >= 15 is 0 Å². The molecule has 0 radical (unpaired) electrons. The number of anilines is 1. The maximum Gasteiger partial charge on any atom is 0.262 e. The van der Waals surface area contributed by atoms with E-state index in [4.69, 9.17) is 16.9 Å². The molecule has 2 aromatic carbocycles. The standard InChI is InChI=1S/C15H13ClN2.C9H15N3O2S/c1-11-8-14(7-6-12(11)9-17)18-10-13-4-2-3-5-15(13)16;1-8-10-9(7-11(8)2)15(13,14)12-5-3-4-6-12/h2-8,18H,10H2,1H3;7H,3-6H2,1-2H3. The molecular weight excluding hydrogens is 458 g/mol. The summed E-state index contributed by atoms with van der Waals surface area (Å²) in [5.41, 5.74) is 3.73. The normalized spacial score (nSPS) is 13.8. The van der Waals surface area contributed by atoms with E-state index in [0.717, 1.165) is 34.7 Å². The molecule has 1 saturated heterocycles. The van der Waals surface area contributed by atoms with Crippen molar-refractivity contribution in [3.05, 3.63) is 76.2 Å². The van der Waals surface area contributed by atoms with Crippen LogP contribution >= 0.6 is 11.6 Å². The number of benzene rings is 2. The number of halogens is 1. The van der Waals surface area contributed by atoms with Gasteiger partial charge in [0.15, 0.2) is 5.03 Å². The molecule has 0 atom stereocenters. The molecule has 4 rings (SSSR count). The van der Waals surface area contributed by atoms with Crippen molar-refractivity contribution in [1.82, 2.24) is 13.9 Å². The Morgan fingerprint density at radius 1 is 1.15 bits per heavy atom. The molecule has 0 aliphatic carbocycles. The molecule has 0 spiro atoms. The van der Waals surface area contributed by atoms with Crippen LogP contribution in [0.2, 0.25) is 5.02 Å². The van der Waals surface area contributed by atoms with E-state index in [9.17, 15) is 8.42 Å². The number of nitrogens with one attached hydrogen (secondary N) is 1. The van der Waals surface area contributed by atoms with Crippen molar-refractivity contribution < 1.29 is 8.42 Å². The molecule has 1 aromatic heterocycles. The average Bonchev–Trinajstić information content (AvgIpc) is 3.45. The lowest BCUT2D eigenvalue weighted by Crippen LogP contribution is -2.28. The van der Waals surface area contributed by atoms with Gasteiger partial charge in [0.25, 0.3) is 10.0 Å². The second-order valence-corrected chi connectivity index (χ2v) is 10.2. The van der Waals surface area contributed by atoms with E-state index in [-0.39, 0.29) is 5.03 Å². The predicted molar refractivity (Wildman–Crippen MR) is 131 cm³/mol. The maximum atomic E-state index is 12.1. The van der Waals surface area contributed by atoms with Gasteiger partial charge in [0, 0.05) is 43.6 Å². The quantitative estimate of drug-likeness (QED) is 0.568. The average molecular weight is 486 g/mol. The van der Waals surface area contributed by atoms with Crippen molar-refractivity contribution in [3.8, 4) is 6.07 Å². The lowest BCUT2D eigenvalue weighted by atomic mass is 10.1.